The molecule has 2 aromatic rings. The van der Waals surface area contributed by atoms with Gasteiger partial charge in [0.25, 0.3) is 0 Å². The van der Waals surface area contributed by atoms with Crippen LogP contribution in [0.2, 0.25) is 0 Å². The molecule has 1 N–H and O–H groups in total. The number of hydrogen-bond donors (Lipinski definition) is 1. The van der Waals surface area contributed by atoms with Crippen LogP contribution in [0.1, 0.15) is 32.1 Å². The van der Waals surface area contributed by atoms with E-state index in [1.165, 1.54) is 43.4 Å². The number of rotatable bonds is 4. The maximum Gasteiger partial charge on any atom is 0.236 e. The second-order valence-electron chi connectivity index (χ2n) is 6.10. The van der Waals surface area contributed by atoms with Crippen LogP contribution < -0.4 is 14.8 Å². The first kappa shape index (κ1) is 16.0. The van der Waals surface area contributed by atoms with Crippen molar-refractivity contribution in [3.8, 4) is 11.5 Å². The summed E-state index contributed by atoms with van der Waals surface area (Å²) in [6.07, 6.45) is 6.42. The molecular formula is C17H20N2O3S2. The normalized spacial score (nSPS) is 17.8. The van der Waals surface area contributed by atoms with Crippen molar-refractivity contribution in [2.45, 2.75) is 37.4 Å². The van der Waals surface area contributed by atoms with E-state index in [-0.39, 0.29) is 5.91 Å². The summed E-state index contributed by atoms with van der Waals surface area (Å²) in [4.78, 5) is 16.7. The van der Waals surface area contributed by atoms with Gasteiger partial charge in [-0.15, -0.1) is 11.8 Å². The van der Waals surface area contributed by atoms with Gasteiger partial charge in [-0.05, 0) is 12.8 Å². The highest BCUT2D eigenvalue weighted by molar-refractivity contribution is 8.00. The minimum absolute atomic E-state index is 0.0295. The Morgan fingerprint density at radius 1 is 1.21 bits per heavy atom. The maximum atomic E-state index is 12.2. The number of thioether (sulfide) groups is 1. The molecule has 128 valence electrons. The Bertz CT molecular complexity index is 698. The van der Waals surface area contributed by atoms with Gasteiger partial charge >= 0.3 is 0 Å². The molecule has 2 aliphatic rings. The van der Waals surface area contributed by atoms with Crippen molar-refractivity contribution >= 4 is 44.4 Å². The number of amides is 1. The number of carbonyl (C=O) groups excluding carboxylic acids is 1. The molecule has 0 saturated heterocycles. The summed E-state index contributed by atoms with van der Waals surface area (Å²) in [5.74, 6) is 2.01. The highest BCUT2D eigenvalue weighted by Crippen LogP contribution is 2.38. The van der Waals surface area contributed by atoms with E-state index < -0.39 is 0 Å². The predicted molar refractivity (Wildman–Crippen MR) is 98.6 cm³/mol. The van der Waals surface area contributed by atoms with Crippen LogP contribution in [-0.4, -0.2) is 35.1 Å². The molecule has 2 heterocycles. The molecule has 0 spiro atoms. The van der Waals surface area contributed by atoms with Crippen LogP contribution in [0.3, 0.4) is 0 Å². The molecular weight excluding hydrogens is 344 g/mol. The molecule has 1 amide bonds. The predicted octanol–water partition coefficient (Wildman–Crippen LogP) is 4.07. The Morgan fingerprint density at radius 3 is 2.75 bits per heavy atom. The number of nitrogens with one attached hydrogen (secondary N) is 1. The number of fused-ring (bicyclic) bond motifs is 2. The summed E-state index contributed by atoms with van der Waals surface area (Å²) < 4.78 is 12.2. The minimum Gasteiger partial charge on any atom is -0.486 e. The lowest BCUT2D eigenvalue weighted by Crippen LogP contribution is -2.17. The van der Waals surface area contributed by atoms with Crippen LogP contribution in [0.25, 0.3) is 10.2 Å². The monoisotopic (exact) mass is 364 g/mol. The van der Waals surface area contributed by atoms with Crippen molar-refractivity contribution in [1.82, 2.24) is 4.98 Å². The average molecular weight is 364 g/mol. The largest absolute Gasteiger partial charge is 0.486 e. The lowest BCUT2D eigenvalue weighted by molar-refractivity contribution is -0.113. The molecule has 4 rings (SSSR count). The van der Waals surface area contributed by atoms with Gasteiger partial charge < -0.3 is 14.8 Å². The van der Waals surface area contributed by atoms with Crippen LogP contribution in [0.5, 0.6) is 11.5 Å². The summed E-state index contributed by atoms with van der Waals surface area (Å²) in [5, 5.41) is 4.21. The van der Waals surface area contributed by atoms with Gasteiger partial charge in [0.15, 0.2) is 16.6 Å². The number of carbonyl (C=O) groups is 1. The smallest absolute Gasteiger partial charge is 0.236 e. The van der Waals surface area contributed by atoms with E-state index in [9.17, 15) is 4.79 Å². The van der Waals surface area contributed by atoms with Crippen LogP contribution in [0, 0.1) is 0 Å². The van der Waals surface area contributed by atoms with Gasteiger partial charge in [0, 0.05) is 17.4 Å². The van der Waals surface area contributed by atoms with Gasteiger partial charge in [0.1, 0.15) is 13.2 Å². The molecule has 1 aliphatic carbocycles. The highest BCUT2D eigenvalue weighted by Gasteiger charge is 2.18. The van der Waals surface area contributed by atoms with Crippen molar-refractivity contribution in [3.63, 3.8) is 0 Å². The second kappa shape index (κ2) is 7.19. The summed E-state index contributed by atoms with van der Waals surface area (Å²) >= 11 is 3.25. The van der Waals surface area contributed by atoms with Gasteiger partial charge in [-0.25, -0.2) is 4.98 Å². The molecule has 0 bridgehead atoms. The van der Waals surface area contributed by atoms with Crippen LogP contribution in [0.4, 0.5) is 5.13 Å². The Balaban J connectivity index is 1.39. The van der Waals surface area contributed by atoms with Crippen molar-refractivity contribution < 1.29 is 14.3 Å². The van der Waals surface area contributed by atoms with Crippen LogP contribution >= 0.6 is 23.1 Å². The Morgan fingerprint density at radius 2 is 1.96 bits per heavy atom. The van der Waals surface area contributed by atoms with E-state index in [1.54, 1.807) is 11.8 Å². The van der Waals surface area contributed by atoms with Gasteiger partial charge in [-0.1, -0.05) is 30.6 Å². The van der Waals surface area contributed by atoms with Crippen LogP contribution in [0.15, 0.2) is 12.1 Å². The van der Waals surface area contributed by atoms with E-state index in [1.807, 2.05) is 12.1 Å². The number of anilines is 1. The molecule has 1 aromatic carbocycles. The molecule has 1 aliphatic heterocycles. The fraction of sp³-hybridized carbons (Fsp3) is 0.529. The number of ether oxygens (including phenoxy) is 2. The zero-order chi connectivity index (χ0) is 16.4. The molecule has 24 heavy (non-hydrogen) atoms. The number of aromatic nitrogens is 1. The Kier molecular flexibility index (Phi) is 4.80. The van der Waals surface area contributed by atoms with Crippen molar-refractivity contribution in [2.75, 3.05) is 24.3 Å². The summed E-state index contributed by atoms with van der Waals surface area (Å²) in [5.41, 5.74) is 0.833. The van der Waals surface area contributed by atoms with Crippen molar-refractivity contribution in [1.29, 1.82) is 0 Å². The maximum absolute atomic E-state index is 12.2. The van der Waals surface area contributed by atoms with E-state index in [0.717, 1.165) is 21.7 Å². The molecule has 5 nitrogen and oxygen atoms in total. The first-order chi connectivity index (χ1) is 11.8. The van der Waals surface area contributed by atoms with Gasteiger partial charge in [-0.3, -0.25) is 4.79 Å². The van der Waals surface area contributed by atoms with Crippen molar-refractivity contribution in [2.24, 2.45) is 0 Å². The lowest BCUT2D eigenvalue weighted by Gasteiger charge is -2.20. The standard InChI is InChI=1S/C17H20N2O3S2/c20-16(10-23-11-4-2-1-3-5-11)19-17-18-12-8-13-14(9-15(12)24-17)22-7-6-21-13/h8-9,11H,1-7,10H2,(H,18,19,20). The van der Waals surface area contributed by atoms with E-state index in [0.29, 0.717) is 29.3 Å². The fourth-order valence-corrected chi connectivity index (χ4v) is 5.12. The third kappa shape index (κ3) is 3.62. The van der Waals surface area contributed by atoms with E-state index >= 15 is 0 Å². The fourth-order valence-electron chi connectivity index (χ4n) is 3.10. The molecule has 0 atom stereocenters. The minimum atomic E-state index is 0.0295. The third-order valence-corrected chi connectivity index (χ3v) is 6.61. The second-order valence-corrected chi connectivity index (χ2v) is 8.42. The summed E-state index contributed by atoms with van der Waals surface area (Å²) in [6.45, 7) is 1.13. The van der Waals surface area contributed by atoms with E-state index in [4.69, 9.17) is 9.47 Å². The van der Waals surface area contributed by atoms with Gasteiger partial charge in [0.05, 0.1) is 16.0 Å². The molecule has 7 heteroatoms. The Labute approximate surface area is 149 Å². The van der Waals surface area contributed by atoms with E-state index in [2.05, 4.69) is 10.3 Å². The van der Waals surface area contributed by atoms with Crippen molar-refractivity contribution in [3.05, 3.63) is 12.1 Å². The number of thiazole rings is 1. The molecule has 0 unspecified atom stereocenters. The van der Waals surface area contributed by atoms with Crippen LogP contribution in [-0.2, 0) is 4.79 Å². The first-order valence-corrected chi connectivity index (χ1v) is 10.3. The Hall–Kier alpha value is -1.47. The summed E-state index contributed by atoms with van der Waals surface area (Å²) in [6, 6.07) is 3.82. The van der Waals surface area contributed by atoms with Gasteiger partial charge in [0.2, 0.25) is 5.91 Å². The van der Waals surface area contributed by atoms with Gasteiger partial charge in [-0.2, -0.15) is 0 Å². The quantitative estimate of drug-likeness (QED) is 0.886. The third-order valence-electron chi connectivity index (χ3n) is 4.30. The zero-order valence-corrected chi connectivity index (χ0v) is 15.0. The summed E-state index contributed by atoms with van der Waals surface area (Å²) in [7, 11) is 0. The topological polar surface area (TPSA) is 60.5 Å². The molecule has 1 aromatic heterocycles. The molecule has 1 fully saturated rings. The first-order valence-electron chi connectivity index (χ1n) is 8.39. The number of benzene rings is 1. The number of nitrogens with zero attached hydrogens (tertiary/aromatic N) is 1. The number of hydrogen-bond acceptors (Lipinski definition) is 6. The average Bonchev–Trinajstić information content (AvgIpc) is 2.99. The highest BCUT2D eigenvalue weighted by atomic mass is 32.2. The SMILES string of the molecule is O=C(CSC1CCCCC1)Nc1nc2cc3c(cc2s1)OCCO3. The molecule has 1 saturated carbocycles. The zero-order valence-electron chi connectivity index (χ0n) is 13.4. The lowest BCUT2D eigenvalue weighted by atomic mass is 10.0. The molecule has 0 radical (unpaired) electrons.